The van der Waals surface area contributed by atoms with Crippen molar-refractivity contribution in [2.24, 2.45) is 46.3 Å². The lowest BCUT2D eigenvalue weighted by atomic mass is 9.47. The van der Waals surface area contributed by atoms with Gasteiger partial charge in [-0.3, -0.25) is 0 Å². The van der Waals surface area contributed by atoms with Crippen molar-refractivity contribution >= 4 is 0 Å². The third-order valence-electron chi connectivity index (χ3n) is 10.5. The third-order valence-corrected chi connectivity index (χ3v) is 10.5. The van der Waals surface area contributed by atoms with Crippen LogP contribution < -0.4 is 0 Å². The number of hydrogen-bond donors (Lipinski definition) is 2. The average molecular weight is 403 g/mol. The molecule has 166 valence electrons. The third kappa shape index (κ3) is 3.75. The molecule has 0 amide bonds. The number of allylic oxidation sites excluding steroid dienone is 1. The van der Waals surface area contributed by atoms with Crippen molar-refractivity contribution < 1.29 is 10.2 Å². The van der Waals surface area contributed by atoms with E-state index in [9.17, 15) is 10.2 Å². The zero-order chi connectivity index (χ0) is 20.8. The van der Waals surface area contributed by atoms with E-state index in [2.05, 4.69) is 33.8 Å². The molecule has 3 fully saturated rings. The van der Waals surface area contributed by atoms with E-state index in [0.717, 1.165) is 42.4 Å². The Morgan fingerprint density at radius 1 is 1.03 bits per heavy atom. The minimum absolute atomic E-state index is 0.0926. The Hall–Kier alpha value is -0.340. The van der Waals surface area contributed by atoms with Crippen LogP contribution in [0.1, 0.15) is 98.3 Å². The maximum Gasteiger partial charge on any atom is 0.0577 e. The highest BCUT2D eigenvalue weighted by atomic mass is 16.3. The molecule has 0 spiro atoms. The molecule has 9 atom stereocenters. The van der Waals surface area contributed by atoms with Crippen LogP contribution in [0.2, 0.25) is 0 Å². The first-order valence-electron chi connectivity index (χ1n) is 12.8. The summed E-state index contributed by atoms with van der Waals surface area (Å²) in [5.74, 6) is 4.82. The Bertz CT molecular complexity index is 612. The van der Waals surface area contributed by atoms with Gasteiger partial charge in [0.15, 0.2) is 0 Å². The summed E-state index contributed by atoms with van der Waals surface area (Å²) in [6.07, 6.45) is 16.4. The first-order chi connectivity index (χ1) is 13.8. The molecule has 0 aromatic rings. The van der Waals surface area contributed by atoms with Gasteiger partial charge in [-0.1, -0.05) is 52.2 Å². The predicted octanol–water partition coefficient (Wildman–Crippen LogP) is 6.36. The lowest BCUT2D eigenvalue weighted by molar-refractivity contribution is -0.0573. The Morgan fingerprint density at radius 3 is 2.59 bits per heavy atom. The molecule has 2 heteroatoms. The van der Waals surface area contributed by atoms with E-state index >= 15 is 0 Å². The highest BCUT2D eigenvalue weighted by Gasteiger charge is 2.59. The van der Waals surface area contributed by atoms with Crippen LogP contribution in [0.5, 0.6) is 0 Å². The summed E-state index contributed by atoms with van der Waals surface area (Å²) in [7, 11) is 0. The van der Waals surface area contributed by atoms with Crippen LogP contribution in [-0.4, -0.2) is 22.9 Å². The summed E-state index contributed by atoms with van der Waals surface area (Å²) >= 11 is 0. The molecule has 0 bridgehead atoms. The van der Waals surface area contributed by atoms with Gasteiger partial charge in [-0.25, -0.2) is 0 Å². The molecule has 3 saturated carbocycles. The van der Waals surface area contributed by atoms with E-state index in [4.69, 9.17) is 0 Å². The first-order valence-corrected chi connectivity index (χ1v) is 12.8. The highest BCUT2D eigenvalue weighted by Crippen LogP contribution is 2.67. The topological polar surface area (TPSA) is 40.5 Å². The van der Waals surface area contributed by atoms with Gasteiger partial charge >= 0.3 is 0 Å². The van der Waals surface area contributed by atoms with Gasteiger partial charge < -0.3 is 10.2 Å². The summed E-state index contributed by atoms with van der Waals surface area (Å²) < 4.78 is 0. The van der Waals surface area contributed by atoms with E-state index < -0.39 is 0 Å². The molecule has 4 aliphatic rings. The van der Waals surface area contributed by atoms with Crippen molar-refractivity contribution in [1.29, 1.82) is 0 Å². The van der Waals surface area contributed by atoms with E-state index in [1.807, 2.05) is 0 Å². The molecule has 2 nitrogen and oxygen atoms in total. The second kappa shape index (κ2) is 8.30. The SMILES string of the molecule is CC(CO)CCC[C@@H](C)C1CC[C@H]2[C@@H]3CC=C4C[C@@H](O)CC[C@]4(C)[C@H]3CC[C@]12C. The van der Waals surface area contributed by atoms with Crippen LogP contribution in [0.25, 0.3) is 0 Å². The van der Waals surface area contributed by atoms with Gasteiger partial charge in [0.05, 0.1) is 6.10 Å². The minimum atomic E-state index is -0.0926. The van der Waals surface area contributed by atoms with Crippen molar-refractivity contribution in [3.05, 3.63) is 11.6 Å². The standard InChI is InChI=1S/C27H46O2/c1-18(17-28)6-5-7-19(2)23-10-11-24-22-9-8-20-16-21(29)12-14-26(20,3)25(22)13-15-27(23,24)4/h8,18-19,21-25,28-29H,5-7,9-17H2,1-4H3/t18?,19-,21+,22+,23?,24+,25+,26+,27-/m1/s1. The van der Waals surface area contributed by atoms with Crippen LogP contribution >= 0.6 is 0 Å². The summed E-state index contributed by atoms with van der Waals surface area (Å²) in [6.45, 7) is 10.2. The maximum atomic E-state index is 10.2. The van der Waals surface area contributed by atoms with Crippen molar-refractivity contribution in [2.45, 2.75) is 104 Å². The van der Waals surface area contributed by atoms with Crippen LogP contribution in [0, 0.1) is 46.3 Å². The molecule has 0 heterocycles. The minimum Gasteiger partial charge on any atom is -0.396 e. The molecule has 0 aromatic heterocycles. The van der Waals surface area contributed by atoms with Crippen molar-refractivity contribution in [3.63, 3.8) is 0 Å². The smallest absolute Gasteiger partial charge is 0.0577 e. The van der Waals surface area contributed by atoms with Crippen molar-refractivity contribution in [1.82, 2.24) is 0 Å². The van der Waals surface area contributed by atoms with E-state index in [0.29, 0.717) is 23.4 Å². The molecular weight excluding hydrogens is 356 g/mol. The fraction of sp³-hybridized carbons (Fsp3) is 0.926. The molecular formula is C27H46O2. The van der Waals surface area contributed by atoms with Crippen LogP contribution in [0.15, 0.2) is 11.6 Å². The fourth-order valence-corrected chi connectivity index (χ4v) is 8.70. The zero-order valence-electron chi connectivity index (χ0n) is 19.5. The molecule has 4 aliphatic carbocycles. The lowest BCUT2D eigenvalue weighted by Gasteiger charge is -2.58. The van der Waals surface area contributed by atoms with E-state index in [1.54, 1.807) is 5.57 Å². The molecule has 0 saturated heterocycles. The Morgan fingerprint density at radius 2 is 1.83 bits per heavy atom. The van der Waals surface area contributed by atoms with Gasteiger partial charge in [0.2, 0.25) is 0 Å². The van der Waals surface area contributed by atoms with Crippen LogP contribution in [0.4, 0.5) is 0 Å². The highest BCUT2D eigenvalue weighted by molar-refractivity contribution is 5.25. The number of aliphatic hydroxyl groups excluding tert-OH is 2. The van der Waals surface area contributed by atoms with Gasteiger partial charge in [-0.05, 0) is 104 Å². The van der Waals surface area contributed by atoms with Gasteiger partial charge in [-0.15, -0.1) is 0 Å². The molecule has 0 radical (unpaired) electrons. The second-order valence-corrected chi connectivity index (χ2v) is 12.1. The fourth-order valence-electron chi connectivity index (χ4n) is 8.70. The summed E-state index contributed by atoms with van der Waals surface area (Å²) in [4.78, 5) is 0. The number of fused-ring (bicyclic) bond motifs is 5. The monoisotopic (exact) mass is 402 g/mol. The average Bonchev–Trinajstić information content (AvgIpc) is 3.05. The molecule has 0 aromatic carbocycles. The molecule has 2 N–H and O–H groups in total. The van der Waals surface area contributed by atoms with Gasteiger partial charge in [0.1, 0.15) is 0 Å². The molecule has 0 aliphatic heterocycles. The Labute approximate surface area is 179 Å². The number of rotatable bonds is 6. The number of aliphatic hydroxyl groups is 2. The van der Waals surface area contributed by atoms with Gasteiger partial charge in [-0.2, -0.15) is 0 Å². The molecule has 2 unspecified atom stereocenters. The molecule has 4 rings (SSSR count). The lowest BCUT2D eigenvalue weighted by Crippen LogP contribution is -2.50. The molecule has 29 heavy (non-hydrogen) atoms. The van der Waals surface area contributed by atoms with Crippen molar-refractivity contribution in [2.75, 3.05) is 6.61 Å². The van der Waals surface area contributed by atoms with Gasteiger partial charge in [0, 0.05) is 6.61 Å². The Balaban J connectivity index is 1.46. The maximum absolute atomic E-state index is 10.2. The van der Waals surface area contributed by atoms with E-state index in [-0.39, 0.29) is 6.10 Å². The zero-order valence-corrected chi connectivity index (χ0v) is 19.5. The predicted molar refractivity (Wildman–Crippen MR) is 120 cm³/mol. The normalized spacial score (nSPS) is 46.3. The van der Waals surface area contributed by atoms with Crippen LogP contribution in [0.3, 0.4) is 0 Å². The Kier molecular flexibility index (Phi) is 6.26. The largest absolute Gasteiger partial charge is 0.396 e. The van der Waals surface area contributed by atoms with E-state index in [1.165, 1.54) is 57.8 Å². The summed E-state index contributed by atoms with van der Waals surface area (Å²) in [5.41, 5.74) is 2.51. The second-order valence-electron chi connectivity index (χ2n) is 12.1. The quantitative estimate of drug-likeness (QED) is 0.507. The number of hydrogen-bond acceptors (Lipinski definition) is 2. The summed E-state index contributed by atoms with van der Waals surface area (Å²) in [5, 5.41) is 19.5. The summed E-state index contributed by atoms with van der Waals surface area (Å²) in [6, 6.07) is 0. The van der Waals surface area contributed by atoms with Gasteiger partial charge in [0.25, 0.3) is 0 Å². The van der Waals surface area contributed by atoms with Crippen LogP contribution in [-0.2, 0) is 0 Å². The first kappa shape index (κ1) is 21.9. The van der Waals surface area contributed by atoms with Crippen molar-refractivity contribution in [3.8, 4) is 0 Å².